The second-order valence-electron chi connectivity index (χ2n) is 15.2. The van der Waals surface area contributed by atoms with Crippen LogP contribution in [0.3, 0.4) is 0 Å². The number of hydrogen-bond donors (Lipinski definition) is 0. The minimum atomic E-state index is -4.28. The standard InChI is InChI=1S/C50H45F3N2/c1-6-34-17-21-38(22-18-34)54(36-13-9-7-10-14-36)46-29-44(32(2)3)40-26-28-43-47(30-45(33(4)5)41-25-27-42(46)48(40)49(41)43)55(37-15-11-8-12-16-37)39-23-19-35(20-24-39)31-50(51,52)53/h7-30,32-33H,6,31H2,1-5H3. The lowest BCUT2D eigenvalue weighted by atomic mass is 9.84. The highest BCUT2D eigenvalue weighted by molar-refractivity contribution is 6.29. The van der Waals surface area contributed by atoms with Crippen LogP contribution in [0.4, 0.5) is 47.3 Å². The Balaban J connectivity index is 1.46. The number of hydrogen-bond acceptors (Lipinski definition) is 2. The highest BCUT2D eigenvalue weighted by Crippen LogP contribution is 2.51. The number of alkyl halides is 3. The fraction of sp³-hybridized carbons (Fsp3) is 0.200. The molecular formula is C50H45F3N2. The van der Waals surface area contributed by atoms with E-state index in [0.29, 0.717) is 0 Å². The van der Waals surface area contributed by atoms with Gasteiger partial charge < -0.3 is 9.80 Å². The molecule has 0 amide bonds. The molecule has 8 aromatic rings. The van der Waals surface area contributed by atoms with Crippen LogP contribution in [0.25, 0.3) is 32.3 Å². The average Bonchev–Trinajstić information content (AvgIpc) is 3.18. The number of anilines is 6. The van der Waals surface area contributed by atoms with Crippen molar-refractivity contribution < 1.29 is 13.2 Å². The predicted octanol–water partition coefficient (Wildman–Crippen LogP) is 15.4. The maximum absolute atomic E-state index is 13.4. The van der Waals surface area contributed by atoms with Gasteiger partial charge in [-0.15, -0.1) is 0 Å². The van der Waals surface area contributed by atoms with E-state index in [0.717, 1.165) is 51.3 Å². The molecule has 8 aromatic carbocycles. The zero-order valence-corrected chi connectivity index (χ0v) is 32.0. The monoisotopic (exact) mass is 730 g/mol. The molecule has 0 bridgehead atoms. The van der Waals surface area contributed by atoms with Gasteiger partial charge in [-0.3, -0.25) is 0 Å². The first-order valence-electron chi connectivity index (χ1n) is 19.3. The quantitative estimate of drug-likeness (QED) is 0.129. The van der Waals surface area contributed by atoms with Gasteiger partial charge in [-0.2, -0.15) is 13.2 Å². The molecule has 0 aromatic heterocycles. The van der Waals surface area contributed by atoms with Crippen molar-refractivity contribution in [2.24, 2.45) is 0 Å². The first-order chi connectivity index (χ1) is 26.5. The summed E-state index contributed by atoms with van der Waals surface area (Å²) in [4.78, 5) is 4.59. The summed E-state index contributed by atoms with van der Waals surface area (Å²) in [6.07, 6.45) is -4.26. The highest BCUT2D eigenvalue weighted by Gasteiger charge is 2.29. The molecule has 0 saturated heterocycles. The van der Waals surface area contributed by atoms with Crippen molar-refractivity contribution in [1.29, 1.82) is 0 Å². The van der Waals surface area contributed by atoms with Crippen molar-refractivity contribution >= 4 is 66.4 Å². The van der Waals surface area contributed by atoms with Gasteiger partial charge in [0.25, 0.3) is 0 Å². The number of para-hydroxylation sites is 2. The molecule has 0 unspecified atom stereocenters. The molecule has 55 heavy (non-hydrogen) atoms. The SMILES string of the molecule is CCc1ccc(N(c2ccccc2)c2cc(C(C)C)c3ccc4c(N(c5ccccc5)c5ccc(CC(F)(F)F)cc5)cc(C(C)C)c5ccc2c3c54)cc1. The number of halogens is 3. The molecule has 0 spiro atoms. The van der Waals surface area contributed by atoms with Crippen LogP contribution in [0.5, 0.6) is 0 Å². The summed E-state index contributed by atoms with van der Waals surface area (Å²) >= 11 is 0. The number of benzene rings is 8. The van der Waals surface area contributed by atoms with Gasteiger partial charge in [0.05, 0.1) is 17.8 Å². The van der Waals surface area contributed by atoms with E-state index in [1.54, 1.807) is 12.1 Å². The number of nitrogens with zero attached hydrogens (tertiary/aromatic N) is 2. The first kappa shape index (κ1) is 36.2. The van der Waals surface area contributed by atoms with Crippen LogP contribution < -0.4 is 9.80 Å². The van der Waals surface area contributed by atoms with Gasteiger partial charge in [-0.25, -0.2) is 0 Å². The Morgan fingerprint density at radius 3 is 1.18 bits per heavy atom. The second kappa shape index (κ2) is 14.4. The van der Waals surface area contributed by atoms with Crippen molar-refractivity contribution in [3.8, 4) is 0 Å². The van der Waals surface area contributed by atoms with Crippen LogP contribution in [0, 0.1) is 0 Å². The van der Waals surface area contributed by atoms with Gasteiger partial charge in [0, 0.05) is 33.5 Å². The van der Waals surface area contributed by atoms with Gasteiger partial charge in [-0.05, 0) is 123 Å². The van der Waals surface area contributed by atoms with Crippen LogP contribution in [0.15, 0.2) is 146 Å². The third-order valence-corrected chi connectivity index (χ3v) is 10.9. The topological polar surface area (TPSA) is 6.48 Å². The third-order valence-electron chi connectivity index (χ3n) is 10.9. The molecule has 0 aliphatic heterocycles. The van der Waals surface area contributed by atoms with E-state index in [1.807, 2.05) is 30.3 Å². The lowest BCUT2D eigenvalue weighted by Crippen LogP contribution is -2.14. The molecule has 0 aliphatic rings. The van der Waals surface area contributed by atoms with Gasteiger partial charge in [-0.1, -0.05) is 120 Å². The van der Waals surface area contributed by atoms with E-state index < -0.39 is 12.6 Å². The summed E-state index contributed by atoms with van der Waals surface area (Å²) < 4.78 is 40.2. The molecule has 0 saturated carbocycles. The predicted molar refractivity (Wildman–Crippen MR) is 227 cm³/mol. The molecule has 8 rings (SSSR count). The average molecular weight is 731 g/mol. The molecule has 0 aliphatic carbocycles. The van der Waals surface area contributed by atoms with Crippen molar-refractivity contribution in [3.05, 3.63) is 168 Å². The number of rotatable bonds is 10. The fourth-order valence-corrected chi connectivity index (χ4v) is 8.22. The highest BCUT2D eigenvalue weighted by atomic mass is 19.4. The molecule has 0 fully saturated rings. The minimum absolute atomic E-state index is 0.206. The van der Waals surface area contributed by atoms with E-state index in [1.165, 1.54) is 38.2 Å². The van der Waals surface area contributed by atoms with Crippen LogP contribution in [-0.4, -0.2) is 6.18 Å². The molecular weight excluding hydrogens is 686 g/mol. The minimum Gasteiger partial charge on any atom is -0.310 e. The Kier molecular flexibility index (Phi) is 9.50. The normalized spacial score (nSPS) is 12.1. The van der Waals surface area contributed by atoms with Crippen molar-refractivity contribution in [1.82, 2.24) is 0 Å². The molecule has 276 valence electrons. The van der Waals surface area contributed by atoms with Gasteiger partial charge in [0.15, 0.2) is 0 Å². The molecule has 0 heterocycles. The summed E-state index contributed by atoms with van der Waals surface area (Å²) in [7, 11) is 0. The van der Waals surface area contributed by atoms with Crippen molar-refractivity contribution in [3.63, 3.8) is 0 Å². The largest absolute Gasteiger partial charge is 0.393 e. The van der Waals surface area contributed by atoms with Crippen LogP contribution in [0.1, 0.15) is 68.7 Å². The fourth-order valence-electron chi connectivity index (χ4n) is 8.22. The van der Waals surface area contributed by atoms with E-state index >= 15 is 0 Å². The van der Waals surface area contributed by atoms with E-state index in [4.69, 9.17) is 0 Å². The Bertz CT molecular complexity index is 2570. The lowest BCUT2D eigenvalue weighted by Gasteiger charge is -2.31. The van der Waals surface area contributed by atoms with Crippen LogP contribution >= 0.6 is 0 Å². The molecule has 0 N–H and O–H groups in total. The lowest BCUT2D eigenvalue weighted by molar-refractivity contribution is -0.127. The van der Waals surface area contributed by atoms with Gasteiger partial charge in [0.2, 0.25) is 0 Å². The number of aryl methyl sites for hydroxylation is 1. The molecule has 0 radical (unpaired) electrons. The molecule has 5 heteroatoms. The summed E-state index contributed by atoms with van der Waals surface area (Å²) in [6, 6.07) is 50.3. The maximum atomic E-state index is 13.4. The third kappa shape index (κ3) is 6.77. The summed E-state index contributed by atoms with van der Waals surface area (Å²) in [5, 5.41) is 7.12. The smallest absolute Gasteiger partial charge is 0.310 e. The zero-order chi connectivity index (χ0) is 38.4. The van der Waals surface area contributed by atoms with E-state index in [2.05, 4.69) is 148 Å². The van der Waals surface area contributed by atoms with Gasteiger partial charge >= 0.3 is 6.18 Å². The summed E-state index contributed by atoms with van der Waals surface area (Å²) in [5.41, 5.74) is 10.1. The van der Waals surface area contributed by atoms with Crippen LogP contribution in [0.2, 0.25) is 0 Å². The zero-order valence-electron chi connectivity index (χ0n) is 32.0. The Morgan fingerprint density at radius 2 is 0.818 bits per heavy atom. The maximum Gasteiger partial charge on any atom is 0.393 e. The first-order valence-corrected chi connectivity index (χ1v) is 19.3. The Morgan fingerprint density at radius 1 is 0.455 bits per heavy atom. The summed E-state index contributed by atoms with van der Waals surface area (Å²) in [6.45, 7) is 11.2. The Labute approximate surface area is 321 Å². The van der Waals surface area contributed by atoms with E-state index in [9.17, 15) is 13.2 Å². The summed E-state index contributed by atoms with van der Waals surface area (Å²) in [5.74, 6) is 0.459. The van der Waals surface area contributed by atoms with Gasteiger partial charge in [0.1, 0.15) is 0 Å². The van der Waals surface area contributed by atoms with Crippen molar-refractivity contribution in [2.45, 2.75) is 65.5 Å². The second-order valence-corrected chi connectivity index (χ2v) is 15.2. The van der Waals surface area contributed by atoms with E-state index in [-0.39, 0.29) is 17.4 Å². The van der Waals surface area contributed by atoms with Crippen LogP contribution in [-0.2, 0) is 12.8 Å². The van der Waals surface area contributed by atoms with Crippen molar-refractivity contribution in [2.75, 3.05) is 9.80 Å². The Hall–Kier alpha value is -5.81. The molecule has 0 atom stereocenters. The molecule has 2 nitrogen and oxygen atoms in total.